The van der Waals surface area contributed by atoms with E-state index in [1.165, 1.54) is 0 Å². The Hall–Kier alpha value is -1.67. The molecule has 1 saturated heterocycles. The van der Waals surface area contributed by atoms with Crippen LogP contribution in [-0.2, 0) is 4.74 Å². The van der Waals surface area contributed by atoms with Gasteiger partial charge in [0, 0.05) is 12.6 Å². The topological polar surface area (TPSA) is 107 Å². The van der Waals surface area contributed by atoms with Gasteiger partial charge >= 0.3 is 6.01 Å². The summed E-state index contributed by atoms with van der Waals surface area (Å²) in [7, 11) is 0. The third-order valence-corrected chi connectivity index (χ3v) is 3.12. The fourth-order valence-electron chi connectivity index (χ4n) is 2.29. The van der Waals surface area contributed by atoms with E-state index in [2.05, 4.69) is 39.5 Å². The van der Waals surface area contributed by atoms with Crippen LogP contribution in [-0.4, -0.2) is 39.3 Å². The largest absolute Gasteiger partial charge is 0.461 e. The van der Waals surface area contributed by atoms with Crippen molar-refractivity contribution in [1.29, 1.82) is 0 Å². The van der Waals surface area contributed by atoms with E-state index in [4.69, 9.17) is 15.3 Å². The molecule has 2 rings (SSSR count). The van der Waals surface area contributed by atoms with Crippen molar-refractivity contribution < 1.29 is 9.47 Å². The lowest BCUT2D eigenvalue weighted by molar-refractivity contribution is -0.0554. The molecule has 0 bridgehead atoms. The van der Waals surface area contributed by atoms with Crippen LogP contribution in [0.5, 0.6) is 6.01 Å². The summed E-state index contributed by atoms with van der Waals surface area (Å²) in [5, 5.41) is 3.31. The van der Waals surface area contributed by atoms with Gasteiger partial charge in [-0.05, 0) is 40.5 Å². The third kappa shape index (κ3) is 4.68. The summed E-state index contributed by atoms with van der Waals surface area (Å²) in [4.78, 5) is 12.6. The van der Waals surface area contributed by atoms with E-state index in [1.807, 2.05) is 13.8 Å². The smallest absolute Gasteiger partial charge is 0.323 e. The molecule has 8 heteroatoms. The van der Waals surface area contributed by atoms with Crippen LogP contribution in [0.1, 0.15) is 40.5 Å². The maximum absolute atomic E-state index is 5.70. The lowest BCUT2D eigenvalue weighted by atomic mass is 9.94. The monoisotopic (exact) mass is 296 g/mol. The maximum Gasteiger partial charge on any atom is 0.323 e. The van der Waals surface area contributed by atoms with Crippen LogP contribution in [0.4, 0.5) is 11.9 Å². The first-order valence-corrected chi connectivity index (χ1v) is 7.18. The molecule has 8 nitrogen and oxygen atoms in total. The molecule has 0 radical (unpaired) electrons. The fraction of sp³-hybridized carbons (Fsp3) is 0.769. The molecular formula is C13H24N6O2. The molecule has 1 atom stereocenters. The molecule has 1 aromatic rings. The molecule has 0 aliphatic carbocycles. The summed E-state index contributed by atoms with van der Waals surface area (Å²) in [5.41, 5.74) is 2.28. The van der Waals surface area contributed by atoms with Crippen molar-refractivity contribution in [3.05, 3.63) is 0 Å². The highest BCUT2D eigenvalue weighted by molar-refractivity contribution is 5.36. The van der Waals surface area contributed by atoms with Gasteiger partial charge in [0.05, 0.1) is 11.7 Å². The van der Waals surface area contributed by atoms with Crippen molar-refractivity contribution in [2.24, 2.45) is 5.84 Å². The Morgan fingerprint density at radius 1 is 1.29 bits per heavy atom. The zero-order valence-electron chi connectivity index (χ0n) is 13.0. The van der Waals surface area contributed by atoms with Crippen molar-refractivity contribution in [3.63, 3.8) is 0 Å². The Morgan fingerprint density at radius 2 is 2.00 bits per heavy atom. The summed E-state index contributed by atoms with van der Waals surface area (Å²) < 4.78 is 11.2. The average Bonchev–Trinajstić information content (AvgIpc) is 2.36. The number of aromatic nitrogens is 3. The Kier molecular flexibility index (Phi) is 4.79. The van der Waals surface area contributed by atoms with Crippen molar-refractivity contribution in [2.75, 3.05) is 17.3 Å². The molecule has 0 spiro atoms. The lowest BCUT2D eigenvalue weighted by Crippen LogP contribution is -2.40. The number of hydrogen-bond acceptors (Lipinski definition) is 8. The van der Waals surface area contributed by atoms with Gasteiger partial charge in [-0.15, -0.1) is 0 Å². The van der Waals surface area contributed by atoms with Crippen molar-refractivity contribution in [3.8, 4) is 6.01 Å². The maximum atomic E-state index is 5.70. The fourth-order valence-corrected chi connectivity index (χ4v) is 2.29. The highest BCUT2D eigenvalue weighted by Gasteiger charge is 2.29. The molecule has 21 heavy (non-hydrogen) atoms. The van der Waals surface area contributed by atoms with Gasteiger partial charge in [0.1, 0.15) is 0 Å². The van der Waals surface area contributed by atoms with Crippen LogP contribution < -0.4 is 21.3 Å². The Bertz CT molecular complexity index is 480. The van der Waals surface area contributed by atoms with Crippen LogP contribution in [0.2, 0.25) is 0 Å². The predicted octanol–water partition coefficient (Wildman–Crippen LogP) is 1.31. The van der Waals surface area contributed by atoms with E-state index >= 15 is 0 Å². The average molecular weight is 296 g/mol. The molecule has 1 fully saturated rings. The molecule has 0 aromatic carbocycles. The van der Waals surface area contributed by atoms with Crippen LogP contribution in [0.25, 0.3) is 0 Å². The number of nitrogens with two attached hydrogens (primary N) is 1. The van der Waals surface area contributed by atoms with Crippen LogP contribution in [0, 0.1) is 0 Å². The minimum atomic E-state index is -0.144. The minimum absolute atomic E-state index is 0.0205. The highest BCUT2D eigenvalue weighted by atomic mass is 16.5. The Morgan fingerprint density at radius 3 is 2.62 bits per heavy atom. The van der Waals surface area contributed by atoms with E-state index in [1.54, 1.807) is 0 Å². The molecule has 1 aliphatic rings. The first-order chi connectivity index (χ1) is 9.88. The third-order valence-electron chi connectivity index (χ3n) is 3.12. The van der Waals surface area contributed by atoms with E-state index in [9.17, 15) is 0 Å². The summed E-state index contributed by atoms with van der Waals surface area (Å²) in [6.45, 7) is 8.69. The second-order valence-electron chi connectivity index (χ2n) is 6.02. The SMILES string of the molecule is CC(C)Oc1nc(NN)nc(NC2CCOC(C)(C)C2)n1. The summed E-state index contributed by atoms with van der Waals surface area (Å²) in [6, 6.07) is 0.496. The normalized spacial score (nSPS) is 21.1. The number of hydrazine groups is 1. The number of nitrogen functional groups attached to an aromatic ring is 1. The first-order valence-electron chi connectivity index (χ1n) is 7.18. The van der Waals surface area contributed by atoms with Gasteiger partial charge in [-0.3, -0.25) is 5.43 Å². The number of rotatable bonds is 5. The molecule has 1 aromatic heterocycles. The van der Waals surface area contributed by atoms with Crippen molar-refractivity contribution in [2.45, 2.75) is 58.3 Å². The molecule has 0 amide bonds. The van der Waals surface area contributed by atoms with E-state index < -0.39 is 0 Å². The quantitative estimate of drug-likeness (QED) is 0.551. The standard InChI is InChI=1S/C13H24N6O2/c1-8(2)21-12-17-10(16-11(18-12)19-14)15-9-5-6-20-13(3,4)7-9/h8-9H,5-7,14H2,1-4H3,(H2,15,16,17,18,19). The highest BCUT2D eigenvalue weighted by Crippen LogP contribution is 2.26. The Balaban J connectivity index is 2.11. The second kappa shape index (κ2) is 6.40. The van der Waals surface area contributed by atoms with E-state index in [-0.39, 0.29) is 29.7 Å². The zero-order valence-corrected chi connectivity index (χ0v) is 13.0. The number of nitrogens with zero attached hydrogens (tertiary/aromatic N) is 3. The van der Waals surface area contributed by atoms with Gasteiger partial charge in [-0.2, -0.15) is 15.0 Å². The summed E-state index contributed by atoms with van der Waals surface area (Å²) >= 11 is 0. The number of anilines is 2. The van der Waals surface area contributed by atoms with Crippen LogP contribution in [0.3, 0.4) is 0 Å². The van der Waals surface area contributed by atoms with Gasteiger partial charge in [-0.25, -0.2) is 5.84 Å². The molecular weight excluding hydrogens is 272 g/mol. The molecule has 2 heterocycles. The molecule has 118 valence electrons. The van der Waals surface area contributed by atoms with Gasteiger partial charge in [0.15, 0.2) is 0 Å². The number of ether oxygens (including phenoxy) is 2. The van der Waals surface area contributed by atoms with E-state index in [0.29, 0.717) is 12.6 Å². The Labute approximate surface area is 124 Å². The van der Waals surface area contributed by atoms with Gasteiger partial charge in [0.2, 0.25) is 11.9 Å². The second-order valence-corrected chi connectivity index (χ2v) is 6.02. The minimum Gasteiger partial charge on any atom is -0.461 e. The van der Waals surface area contributed by atoms with E-state index in [0.717, 1.165) is 12.8 Å². The molecule has 4 N–H and O–H groups in total. The summed E-state index contributed by atoms with van der Waals surface area (Å²) in [6.07, 6.45) is 1.76. The number of hydrogen-bond donors (Lipinski definition) is 3. The lowest BCUT2D eigenvalue weighted by Gasteiger charge is -2.35. The van der Waals surface area contributed by atoms with Crippen LogP contribution in [0.15, 0.2) is 0 Å². The molecule has 0 saturated carbocycles. The predicted molar refractivity (Wildman–Crippen MR) is 80.1 cm³/mol. The summed E-state index contributed by atoms with van der Waals surface area (Å²) in [5.74, 6) is 6.12. The van der Waals surface area contributed by atoms with Crippen LogP contribution >= 0.6 is 0 Å². The van der Waals surface area contributed by atoms with Gasteiger partial charge in [0.25, 0.3) is 0 Å². The zero-order chi connectivity index (χ0) is 15.5. The van der Waals surface area contributed by atoms with Gasteiger partial charge < -0.3 is 14.8 Å². The first kappa shape index (κ1) is 15.7. The van der Waals surface area contributed by atoms with Crippen molar-refractivity contribution >= 4 is 11.9 Å². The van der Waals surface area contributed by atoms with Gasteiger partial charge in [-0.1, -0.05) is 0 Å². The molecule has 1 unspecified atom stereocenters. The number of nitrogens with one attached hydrogen (secondary N) is 2. The van der Waals surface area contributed by atoms with Crippen molar-refractivity contribution in [1.82, 2.24) is 15.0 Å². The molecule has 1 aliphatic heterocycles.